The second-order valence-electron chi connectivity index (χ2n) is 7.39. The zero-order chi connectivity index (χ0) is 21.0. The molecule has 0 fully saturated rings. The van der Waals surface area contributed by atoms with Crippen LogP contribution in [0.5, 0.6) is 0 Å². The van der Waals surface area contributed by atoms with Gasteiger partial charge in [0, 0.05) is 29.9 Å². The Morgan fingerprint density at radius 2 is 1.83 bits per heavy atom. The van der Waals surface area contributed by atoms with Crippen LogP contribution in [0.4, 0.5) is 22.0 Å². The first-order valence-corrected chi connectivity index (χ1v) is 9.41. The standard InChI is InChI=1S/C21H19F5N2O/c1-2-20(22,23)12-8-11(9-13(10-12)21(24,25)26)18-14-6-7-27-19(29)15-4-3-5-16(28-18)17(14)15/h3,5,8-10,15,28H,2,4,6-7H2,1H3,(H,27,29). The second-order valence-corrected chi connectivity index (χ2v) is 7.39. The van der Waals surface area contributed by atoms with Gasteiger partial charge >= 0.3 is 6.18 Å². The van der Waals surface area contributed by atoms with Crippen molar-refractivity contribution in [3.63, 3.8) is 0 Å². The number of carbonyl (C=O) groups excluding carboxylic acids is 1. The summed E-state index contributed by atoms with van der Waals surface area (Å²) in [4.78, 5) is 15.4. The molecule has 1 aromatic carbocycles. The SMILES string of the molecule is CCC(F)(F)c1cc(-c2[nH]c3c4c2CCNC(=O)C4CC=C3)cc(C(F)(F)F)c1. The van der Waals surface area contributed by atoms with E-state index in [-0.39, 0.29) is 11.5 Å². The Morgan fingerprint density at radius 3 is 2.52 bits per heavy atom. The Labute approximate surface area is 164 Å². The molecule has 2 heterocycles. The highest BCUT2D eigenvalue weighted by Crippen LogP contribution is 2.43. The van der Waals surface area contributed by atoms with Crippen molar-refractivity contribution >= 4 is 12.0 Å². The number of hydrogen-bond acceptors (Lipinski definition) is 1. The zero-order valence-corrected chi connectivity index (χ0v) is 15.6. The number of rotatable bonds is 3. The molecule has 0 radical (unpaired) electrons. The lowest BCUT2D eigenvalue weighted by molar-refractivity contribution is -0.137. The van der Waals surface area contributed by atoms with Crippen LogP contribution >= 0.6 is 0 Å². The molecule has 0 saturated carbocycles. The van der Waals surface area contributed by atoms with Gasteiger partial charge in [0.25, 0.3) is 5.92 Å². The van der Waals surface area contributed by atoms with Crippen molar-refractivity contribution in [1.29, 1.82) is 0 Å². The number of halogens is 5. The summed E-state index contributed by atoms with van der Waals surface area (Å²) in [5, 5.41) is 2.81. The highest BCUT2D eigenvalue weighted by molar-refractivity contribution is 5.89. The number of nitrogens with one attached hydrogen (secondary N) is 2. The molecule has 0 saturated heterocycles. The third kappa shape index (κ3) is 3.34. The molecule has 4 rings (SSSR count). The van der Waals surface area contributed by atoms with Gasteiger partial charge < -0.3 is 10.3 Å². The van der Waals surface area contributed by atoms with Gasteiger partial charge in [0.15, 0.2) is 0 Å². The molecule has 1 aliphatic carbocycles. The fourth-order valence-electron chi connectivity index (χ4n) is 4.07. The number of amides is 1. The third-order valence-electron chi connectivity index (χ3n) is 5.59. The third-order valence-corrected chi connectivity index (χ3v) is 5.59. The minimum absolute atomic E-state index is 0.0499. The van der Waals surface area contributed by atoms with Crippen LogP contribution < -0.4 is 5.32 Å². The highest BCUT2D eigenvalue weighted by Gasteiger charge is 2.37. The Bertz CT molecular complexity index is 1000. The number of aromatic amines is 1. The van der Waals surface area contributed by atoms with Gasteiger partial charge in [-0.1, -0.05) is 13.0 Å². The number of allylic oxidation sites excluding steroid dienone is 1. The lowest BCUT2D eigenvalue weighted by Gasteiger charge is -2.19. The van der Waals surface area contributed by atoms with Gasteiger partial charge in [-0.2, -0.15) is 13.2 Å². The number of alkyl halides is 5. The maximum atomic E-state index is 14.3. The van der Waals surface area contributed by atoms with Crippen molar-refractivity contribution in [2.24, 2.45) is 0 Å². The Morgan fingerprint density at radius 1 is 1.10 bits per heavy atom. The van der Waals surface area contributed by atoms with Gasteiger partial charge in [-0.05, 0) is 53.8 Å². The zero-order valence-electron chi connectivity index (χ0n) is 15.6. The Balaban J connectivity index is 1.94. The smallest absolute Gasteiger partial charge is 0.355 e. The topological polar surface area (TPSA) is 44.9 Å². The Hall–Kier alpha value is -2.64. The van der Waals surface area contributed by atoms with Crippen LogP contribution in [0.25, 0.3) is 17.3 Å². The summed E-state index contributed by atoms with van der Waals surface area (Å²) < 4.78 is 68.9. The fourth-order valence-corrected chi connectivity index (χ4v) is 4.07. The maximum absolute atomic E-state index is 14.3. The first-order valence-electron chi connectivity index (χ1n) is 9.41. The fraction of sp³-hybridized carbons (Fsp3) is 0.381. The summed E-state index contributed by atoms with van der Waals surface area (Å²) >= 11 is 0. The van der Waals surface area contributed by atoms with E-state index in [1.807, 2.05) is 6.08 Å². The number of carbonyl (C=O) groups is 1. The van der Waals surface area contributed by atoms with E-state index in [1.165, 1.54) is 6.92 Å². The quantitative estimate of drug-likeness (QED) is 0.656. The van der Waals surface area contributed by atoms with Crippen molar-refractivity contribution in [3.8, 4) is 11.3 Å². The molecule has 1 amide bonds. The molecule has 2 aromatic rings. The molecule has 0 bridgehead atoms. The van der Waals surface area contributed by atoms with Crippen LogP contribution in [-0.2, 0) is 23.3 Å². The molecule has 154 valence electrons. The van der Waals surface area contributed by atoms with Crippen molar-refractivity contribution in [2.45, 2.75) is 44.2 Å². The van der Waals surface area contributed by atoms with Crippen LogP contribution in [0.15, 0.2) is 24.3 Å². The van der Waals surface area contributed by atoms with E-state index in [9.17, 15) is 26.7 Å². The summed E-state index contributed by atoms with van der Waals surface area (Å²) in [6.45, 7) is 1.57. The predicted molar refractivity (Wildman–Crippen MR) is 98.5 cm³/mol. The summed E-state index contributed by atoms with van der Waals surface area (Å²) in [7, 11) is 0. The first kappa shape index (κ1) is 19.7. The molecule has 1 aromatic heterocycles. The molecular formula is C21H19F5N2O. The van der Waals surface area contributed by atoms with Crippen molar-refractivity contribution in [3.05, 3.63) is 52.2 Å². The average molecular weight is 410 g/mol. The molecule has 1 atom stereocenters. The van der Waals surface area contributed by atoms with E-state index in [0.717, 1.165) is 17.7 Å². The van der Waals surface area contributed by atoms with Gasteiger partial charge in [0.2, 0.25) is 5.91 Å². The monoisotopic (exact) mass is 410 g/mol. The van der Waals surface area contributed by atoms with E-state index in [2.05, 4.69) is 10.3 Å². The van der Waals surface area contributed by atoms with Crippen LogP contribution in [-0.4, -0.2) is 17.4 Å². The van der Waals surface area contributed by atoms with E-state index in [4.69, 9.17) is 0 Å². The van der Waals surface area contributed by atoms with Crippen LogP contribution in [0.2, 0.25) is 0 Å². The summed E-state index contributed by atoms with van der Waals surface area (Å²) in [6.07, 6.45) is -0.852. The lowest BCUT2D eigenvalue weighted by Crippen LogP contribution is -2.28. The number of aromatic nitrogens is 1. The summed E-state index contributed by atoms with van der Waals surface area (Å²) in [5.41, 5.74) is 0.726. The molecule has 1 aliphatic heterocycles. The largest absolute Gasteiger partial charge is 0.416 e. The van der Waals surface area contributed by atoms with Gasteiger partial charge in [0.1, 0.15) is 0 Å². The van der Waals surface area contributed by atoms with E-state index in [1.54, 1.807) is 6.08 Å². The maximum Gasteiger partial charge on any atom is 0.416 e. The normalized spacial score (nSPS) is 19.0. The summed E-state index contributed by atoms with van der Waals surface area (Å²) in [5.74, 6) is -3.95. The molecule has 2 N–H and O–H groups in total. The molecule has 8 heteroatoms. The van der Waals surface area contributed by atoms with Gasteiger partial charge in [-0.25, -0.2) is 8.78 Å². The van der Waals surface area contributed by atoms with Crippen LogP contribution in [0, 0.1) is 0 Å². The number of benzene rings is 1. The van der Waals surface area contributed by atoms with Crippen molar-refractivity contribution < 1.29 is 26.7 Å². The second kappa shape index (κ2) is 6.71. The van der Waals surface area contributed by atoms with Crippen LogP contribution in [0.1, 0.15) is 53.6 Å². The van der Waals surface area contributed by atoms with Crippen molar-refractivity contribution in [2.75, 3.05) is 6.54 Å². The molecular weight excluding hydrogens is 391 g/mol. The molecule has 1 unspecified atom stereocenters. The Kier molecular flexibility index (Phi) is 4.55. The predicted octanol–water partition coefficient (Wildman–Crippen LogP) is 5.38. The van der Waals surface area contributed by atoms with Gasteiger partial charge in [-0.3, -0.25) is 4.79 Å². The number of H-pyrrole nitrogens is 1. The molecule has 29 heavy (non-hydrogen) atoms. The molecule has 0 spiro atoms. The van der Waals surface area contributed by atoms with E-state index >= 15 is 0 Å². The van der Waals surface area contributed by atoms with E-state index < -0.39 is 35.6 Å². The average Bonchev–Trinajstić information content (AvgIpc) is 2.96. The highest BCUT2D eigenvalue weighted by atomic mass is 19.4. The molecule has 2 aliphatic rings. The van der Waals surface area contributed by atoms with Gasteiger partial charge in [-0.15, -0.1) is 0 Å². The molecule has 3 nitrogen and oxygen atoms in total. The van der Waals surface area contributed by atoms with Gasteiger partial charge in [0.05, 0.1) is 11.5 Å². The lowest BCUT2D eigenvalue weighted by atomic mass is 9.86. The first-order chi connectivity index (χ1) is 13.6. The minimum atomic E-state index is -4.76. The van der Waals surface area contributed by atoms with E-state index in [0.29, 0.717) is 42.4 Å². The van der Waals surface area contributed by atoms with Crippen LogP contribution in [0.3, 0.4) is 0 Å². The van der Waals surface area contributed by atoms with Crippen molar-refractivity contribution in [1.82, 2.24) is 10.3 Å². The summed E-state index contributed by atoms with van der Waals surface area (Å²) in [6, 6.07) is 2.52. The minimum Gasteiger partial charge on any atom is -0.355 e. The number of hydrogen-bond donors (Lipinski definition) is 2.